The number of hydrogen-bond donors (Lipinski definition) is 1. The Bertz CT molecular complexity index is 377. The van der Waals surface area contributed by atoms with Gasteiger partial charge in [-0.3, -0.25) is 5.41 Å². The summed E-state index contributed by atoms with van der Waals surface area (Å²) in [4.78, 5) is 2.04. The Hall–Kier alpha value is -1.05. The van der Waals surface area contributed by atoms with Gasteiger partial charge in [0, 0.05) is 13.6 Å². The largest absolute Gasteiger partial charge is 0.360 e. The Morgan fingerprint density at radius 2 is 1.81 bits per heavy atom. The molecule has 0 spiro atoms. The standard InChI is InChI=1S/C19H36N2/c1-8-12-13-17(14-16(6)15(5)9-2)18(10-3)19(20)21(7)11-4/h14-15,20H,8-13H2,1-7H3. The lowest BCUT2D eigenvalue weighted by Crippen LogP contribution is -2.27. The third kappa shape index (κ3) is 6.50. The van der Waals surface area contributed by atoms with Gasteiger partial charge in [-0.05, 0) is 56.6 Å². The van der Waals surface area contributed by atoms with Crippen LogP contribution in [0.4, 0.5) is 0 Å². The van der Waals surface area contributed by atoms with Gasteiger partial charge in [-0.1, -0.05) is 45.8 Å². The molecular weight excluding hydrogens is 256 g/mol. The number of nitrogens with zero attached hydrogens (tertiary/aromatic N) is 1. The molecule has 2 nitrogen and oxygen atoms in total. The van der Waals surface area contributed by atoms with Crippen molar-refractivity contribution in [1.29, 1.82) is 5.41 Å². The van der Waals surface area contributed by atoms with Crippen molar-refractivity contribution < 1.29 is 0 Å². The molecule has 1 atom stereocenters. The zero-order valence-corrected chi connectivity index (χ0v) is 15.3. The van der Waals surface area contributed by atoms with E-state index in [1.165, 1.54) is 36.0 Å². The minimum absolute atomic E-state index is 0.623. The molecule has 1 N–H and O–H groups in total. The number of likely N-dealkylation sites (N-methyl/N-ethyl adjacent to an activating group) is 1. The number of amidine groups is 1. The van der Waals surface area contributed by atoms with Gasteiger partial charge in [0.15, 0.2) is 0 Å². The highest BCUT2D eigenvalue weighted by molar-refractivity contribution is 5.96. The van der Waals surface area contributed by atoms with Crippen molar-refractivity contribution in [3.63, 3.8) is 0 Å². The Morgan fingerprint density at radius 1 is 1.19 bits per heavy atom. The first kappa shape index (κ1) is 19.9. The normalized spacial score (nSPS) is 14.7. The van der Waals surface area contributed by atoms with Gasteiger partial charge in [0.1, 0.15) is 5.84 Å². The van der Waals surface area contributed by atoms with Gasteiger partial charge >= 0.3 is 0 Å². The number of hydrogen-bond acceptors (Lipinski definition) is 1. The van der Waals surface area contributed by atoms with Gasteiger partial charge in [-0.2, -0.15) is 0 Å². The Kier molecular flexibility index (Phi) is 10.1. The maximum atomic E-state index is 8.45. The van der Waals surface area contributed by atoms with E-state index in [-0.39, 0.29) is 0 Å². The van der Waals surface area contributed by atoms with Crippen molar-refractivity contribution in [2.24, 2.45) is 5.92 Å². The molecule has 2 heteroatoms. The summed E-state index contributed by atoms with van der Waals surface area (Å²) < 4.78 is 0. The molecule has 1 unspecified atom stereocenters. The molecule has 0 heterocycles. The average Bonchev–Trinajstić information content (AvgIpc) is 2.50. The van der Waals surface area contributed by atoms with Crippen molar-refractivity contribution in [3.05, 3.63) is 22.8 Å². The van der Waals surface area contributed by atoms with Crippen LogP contribution in [0.5, 0.6) is 0 Å². The molecule has 0 radical (unpaired) electrons. The maximum absolute atomic E-state index is 8.45. The van der Waals surface area contributed by atoms with E-state index in [4.69, 9.17) is 5.41 Å². The molecule has 0 aliphatic heterocycles. The molecular formula is C19H36N2. The van der Waals surface area contributed by atoms with Crippen molar-refractivity contribution in [2.75, 3.05) is 13.6 Å². The van der Waals surface area contributed by atoms with E-state index in [1.54, 1.807) is 0 Å². The first-order valence-electron chi connectivity index (χ1n) is 8.62. The zero-order chi connectivity index (χ0) is 16.4. The molecule has 0 saturated carbocycles. The topological polar surface area (TPSA) is 27.1 Å². The van der Waals surface area contributed by atoms with E-state index >= 15 is 0 Å². The monoisotopic (exact) mass is 292 g/mol. The van der Waals surface area contributed by atoms with Crippen LogP contribution in [-0.2, 0) is 0 Å². The van der Waals surface area contributed by atoms with Gasteiger partial charge in [0.25, 0.3) is 0 Å². The van der Waals surface area contributed by atoms with Crippen LogP contribution in [0.25, 0.3) is 0 Å². The Labute approximate surface area is 132 Å². The smallest absolute Gasteiger partial charge is 0.123 e. The fraction of sp³-hybridized carbons (Fsp3) is 0.737. The van der Waals surface area contributed by atoms with Gasteiger partial charge in [0.2, 0.25) is 0 Å². The third-order valence-electron chi connectivity index (χ3n) is 4.47. The summed E-state index contributed by atoms with van der Waals surface area (Å²) in [6.07, 6.45) is 7.97. The number of nitrogens with one attached hydrogen (secondary N) is 1. The molecule has 0 aliphatic rings. The lowest BCUT2D eigenvalue weighted by Gasteiger charge is -2.22. The Morgan fingerprint density at radius 3 is 2.24 bits per heavy atom. The fourth-order valence-electron chi connectivity index (χ4n) is 2.35. The lowest BCUT2D eigenvalue weighted by molar-refractivity contribution is 0.529. The number of unbranched alkanes of at least 4 members (excludes halogenated alkanes) is 1. The molecule has 21 heavy (non-hydrogen) atoms. The van der Waals surface area contributed by atoms with Crippen molar-refractivity contribution in [3.8, 4) is 0 Å². The minimum Gasteiger partial charge on any atom is -0.360 e. The van der Waals surface area contributed by atoms with Gasteiger partial charge < -0.3 is 4.90 Å². The van der Waals surface area contributed by atoms with Crippen LogP contribution >= 0.6 is 0 Å². The average molecular weight is 293 g/mol. The zero-order valence-electron chi connectivity index (χ0n) is 15.3. The molecule has 0 aliphatic carbocycles. The van der Waals surface area contributed by atoms with E-state index in [0.717, 1.165) is 19.4 Å². The molecule has 122 valence electrons. The Balaban J connectivity index is 5.60. The summed E-state index contributed by atoms with van der Waals surface area (Å²) in [7, 11) is 2.01. The van der Waals surface area contributed by atoms with Crippen molar-refractivity contribution >= 4 is 5.84 Å². The molecule has 0 saturated heterocycles. The molecule has 0 aromatic heterocycles. The molecule has 0 aromatic carbocycles. The van der Waals surface area contributed by atoms with E-state index in [0.29, 0.717) is 11.8 Å². The predicted molar refractivity (Wildman–Crippen MR) is 96.1 cm³/mol. The van der Waals surface area contributed by atoms with Crippen LogP contribution in [0, 0.1) is 11.3 Å². The van der Waals surface area contributed by atoms with Gasteiger partial charge in [-0.15, -0.1) is 0 Å². The predicted octanol–water partition coefficient (Wildman–Crippen LogP) is 5.80. The molecule has 0 amide bonds. The number of rotatable bonds is 9. The second kappa shape index (κ2) is 10.6. The summed E-state index contributed by atoms with van der Waals surface area (Å²) in [5.41, 5.74) is 4.04. The highest BCUT2D eigenvalue weighted by Gasteiger charge is 2.13. The van der Waals surface area contributed by atoms with Crippen molar-refractivity contribution in [1.82, 2.24) is 4.90 Å². The van der Waals surface area contributed by atoms with Crippen LogP contribution in [-0.4, -0.2) is 24.3 Å². The molecule has 0 aromatic rings. The molecule has 0 fully saturated rings. The second-order valence-corrected chi connectivity index (χ2v) is 6.02. The lowest BCUT2D eigenvalue weighted by atomic mass is 9.92. The van der Waals surface area contributed by atoms with Crippen LogP contribution in [0.3, 0.4) is 0 Å². The molecule has 0 rings (SSSR count). The maximum Gasteiger partial charge on any atom is 0.123 e. The third-order valence-corrected chi connectivity index (χ3v) is 4.47. The van der Waals surface area contributed by atoms with Gasteiger partial charge in [0.05, 0.1) is 0 Å². The quantitative estimate of drug-likeness (QED) is 0.324. The van der Waals surface area contributed by atoms with Crippen LogP contribution < -0.4 is 0 Å². The van der Waals surface area contributed by atoms with E-state index in [9.17, 15) is 0 Å². The SMILES string of the molecule is CCCCC(C=C(C)C(C)CC)=C(CC)C(=N)N(C)CC. The van der Waals surface area contributed by atoms with E-state index in [2.05, 4.69) is 47.6 Å². The summed E-state index contributed by atoms with van der Waals surface area (Å²) >= 11 is 0. The van der Waals surface area contributed by atoms with E-state index < -0.39 is 0 Å². The highest BCUT2D eigenvalue weighted by atomic mass is 15.1. The van der Waals surface area contributed by atoms with Crippen LogP contribution in [0.15, 0.2) is 22.8 Å². The van der Waals surface area contributed by atoms with Crippen LogP contribution in [0.2, 0.25) is 0 Å². The molecule has 0 bridgehead atoms. The minimum atomic E-state index is 0.623. The van der Waals surface area contributed by atoms with Gasteiger partial charge in [-0.25, -0.2) is 0 Å². The fourth-order valence-corrected chi connectivity index (χ4v) is 2.35. The summed E-state index contributed by atoms with van der Waals surface area (Å²) in [5, 5.41) is 8.45. The highest BCUT2D eigenvalue weighted by Crippen LogP contribution is 2.23. The number of allylic oxidation sites excluding steroid dienone is 3. The van der Waals surface area contributed by atoms with Crippen molar-refractivity contribution in [2.45, 2.75) is 73.6 Å². The summed E-state index contributed by atoms with van der Waals surface area (Å²) in [6.45, 7) is 14.2. The van der Waals surface area contributed by atoms with Crippen LogP contribution in [0.1, 0.15) is 73.6 Å². The van der Waals surface area contributed by atoms with E-state index in [1.807, 2.05) is 11.9 Å². The second-order valence-electron chi connectivity index (χ2n) is 6.02. The summed E-state index contributed by atoms with van der Waals surface area (Å²) in [5.74, 6) is 1.32. The first-order valence-corrected chi connectivity index (χ1v) is 8.62. The summed E-state index contributed by atoms with van der Waals surface area (Å²) in [6, 6.07) is 0. The first-order chi connectivity index (χ1) is 9.92.